The van der Waals surface area contributed by atoms with E-state index in [4.69, 9.17) is 66.8 Å². The quantitative estimate of drug-likeness (QED) is 0.141. The Hall–Kier alpha value is -0.100. The minimum absolute atomic E-state index is 0.0295. The van der Waals surface area contributed by atoms with Gasteiger partial charge in [-0.2, -0.15) is 0 Å². The lowest BCUT2D eigenvalue weighted by atomic mass is 10.3. The van der Waals surface area contributed by atoms with E-state index in [1.165, 1.54) is 18.3 Å². The molecule has 0 aliphatic rings. The third kappa shape index (κ3) is 6.11. The first-order valence-corrected chi connectivity index (χ1v) is 15.9. The van der Waals surface area contributed by atoms with Crippen LogP contribution in [-0.4, -0.2) is 65.1 Å². The van der Waals surface area contributed by atoms with Crippen molar-refractivity contribution >= 4 is 132 Å². The Morgan fingerprint density at radius 1 is 0.450 bits per heavy atom. The molecule has 0 saturated carbocycles. The largest absolute Gasteiger partial charge is 0.395 e. The fourth-order valence-corrected chi connectivity index (χ4v) is 7.65. The summed E-state index contributed by atoms with van der Waals surface area (Å²) in [6.45, 7) is -0.367. The lowest BCUT2D eigenvalue weighted by molar-refractivity contribution is 0.267. The smallest absolute Gasteiger partial charge is 0.329 e. The maximum absolute atomic E-state index is 12.4. The van der Waals surface area contributed by atoms with E-state index in [9.17, 15) is 9.59 Å². The summed E-state index contributed by atoms with van der Waals surface area (Å²) >= 11 is 38.1. The minimum atomic E-state index is -0.453. The van der Waals surface area contributed by atoms with Crippen LogP contribution in [0.1, 0.15) is 0 Å². The SMILES string of the molecule is O=c1n(CCO)c2c(Br)c(Br)c(Br)c(Br)c2n1CCO.O=c1n(CCO)c2c(Cl)c(Cl)c(Cl)c(Cl)c2n1CCO. The molecular weight excluding hydrogens is 878 g/mol. The molecule has 2 aromatic carbocycles. The van der Waals surface area contributed by atoms with Crippen molar-refractivity contribution in [3.8, 4) is 0 Å². The van der Waals surface area contributed by atoms with Gasteiger partial charge in [0.1, 0.15) is 0 Å². The Morgan fingerprint density at radius 3 is 0.950 bits per heavy atom. The molecule has 0 amide bonds. The van der Waals surface area contributed by atoms with Crippen LogP contribution in [0.2, 0.25) is 20.1 Å². The molecule has 2 aromatic heterocycles. The molecule has 0 aliphatic carbocycles. The highest BCUT2D eigenvalue weighted by Crippen LogP contribution is 2.44. The van der Waals surface area contributed by atoms with Gasteiger partial charge in [0.2, 0.25) is 0 Å². The second kappa shape index (κ2) is 14.6. The summed E-state index contributed by atoms with van der Waals surface area (Å²) < 4.78 is 8.43. The summed E-state index contributed by atoms with van der Waals surface area (Å²) in [5.41, 5.74) is 1.19. The first kappa shape index (κ1) is 34.4. The van der Waals surface area contributed by atoms with E-state index in [1.54, 1.807) is 0 Å². The van der Waals surface area contributed by atoms with Crippen molar-refractivity contribution in [2.24, 2.45) is 0 Å². The van der Waals surface area contributed by atoms with Crippen LogP contribution in [-0.2, 0) is 26.2 Å². The summed E-state index contributed by atoms with van der Waals surface area (Å²) in [5.74, 6) is 0. The van der Waals surface area contributed by atoms with Crippen molar-refractivity contribution < 1.29 is 20.4 Å². The van der Waals surface area contributed by atoms with Gasteiger partial charge >= 0.3 is 11.4 Å². The predicted molar refractivity (Wildman–Crippen MR) is 172 cm³/mol. The lowest BCUT2D eigenvalue weighted by Gasteiger charge is -2.09. The van der Waals surface area contributed by atoms with Gasteiger partial charge in [-0.05, 0) is 63.7 Å². The number of aliphatic hydroxyl groups excluding tert-OH is 4. The molecule has 0 atom stereocenters. The maximum atomic E-state index is 12.4. The van der Waals surface area contributed by atoms with E-state index in [0.717, 1.165) is 8.95 Å². The van der Waals surface area contributed by atoms with E-state index < -0.39 is 5.69 Å². The van der Waals surface area contributed by atoms with Crippen LogP contribution in [0.4, 0.5) is 0 Å². The molecule has 0 saturated heterocycles. The number of aromatic nitrogens is 4. The van der Waals surface area contributed by atoms with Crippen LogP contribution in [0.25, 0.3) is 22.1 Å². The van der Waals surface area contributed by atoms with Crippen molar-refractivity contribution in [2.75, 3.05) is 26.4 Å². The van der Waals surface area contributed by atoms with Crippen molar-refractivity contribution in [1.29, 1.82) is 0 Å². The standard InChI is InChI=1S/C11H10Br4N2O3.C11H10Cl4N2O3/c2*12-5-6(13)8(15)10-9(7(5)14)16(1-3-18)11(20)17(10)2-4-19/h2*18-19H,1-4H2. The Kier molecular flexibility index (Phi) is 12.5. The highest BCUT2D eigenvalue weighted by Gasteiger charge is 2.24. The fraction of sp³-hybridized carbons (Fsp3) is 0.364. The van der Waals surface area contributed by atoms with Gasteiger partial charge in [0, 0.05) is 8.95 Å². The van der Waals surface area contributed by atoms with E-state index in [2.05, 4.69) is 63.7 Å². The van der Waals surface area contributed by atoms with Gasteiger partial charge in [0.15, 0.2) is 0 Å². The third-order valence-corrected chi connectivity index (χ3v) is 12.2. The monoisotopic (exact) mass is 892 g/mol. The Balaban J connectivity index is 0.000000220. The van der Waals surface area contributed by atoms with E-state index in [-0.39, 0.29) is 78.4 Å². The molecule has 4 rings (SSSR count). The van der Waals surface area contributed by atoms with Crippen molar-refractivity contribution in [1.82, 2.24) is 18.3 Å². The molecule has 0 aliphatic heterocycles. The van der Waals surface area contributed by atoms with Crippen LogP contribution >= 0.6 is 110 Å². The number of aliphatic hydroxyl groups is 4. The highest BCUT2D eigenvalue weighted by molar-refractivity contribution is 9.15. The Labute approximate surface area is 280 Å². The number of hydrogen-bond acceptors (Lipinski definition) is 6. The predicted octanol–water partition coefficient (Wildman–Crippen LogP) is 5.24. The van der Waals surface area contributed by atoms with E-state index in [1.807, 2.05) is 0 Å². The number of hydrogen-bond donors (Lipinski definition) is 4. The molecule has 0 bridgehead atoms. The van der Waals surface area contributed by atoms with Crippen LogP contribution in [0.3, 0.4) is 0 Å². The van der Waals surface area contributed by atoms with Crippen LogP contribution in [0.5, 0.6) is 0 Å². The molecule has 220 valence electrons. The van der Waals surface area contributed by atoms with Gasteiger partial charge in [-0.15, -0.1) is 0 Å². The van der Waals surface area contributed by atoms with Gasteiger partial charge in [-0.25, -0.2) is 9.59 Å². The van der Waals surface area contributed by atoms with Crippen molar-refractivity contribution in [3.63, 3.8) is 0 Å². The van der Waals surface area contributed by atoms with Crippen LogP contribution in [0, 0.1) is 0 Å². The topological polar surface area (TPSA) is 135 Å². The van der Waals surface area contributed by atoms with E-state index in [0.29, 0.717) is 31.0 Å². The first-order chi connectivity index (χ1) is 18.9. The number of imidazole rings is 2. The van der Waals surface area contributed by atoms with Gasteiger partial charge in [-0.1, -0.05) is 46.4 Å². The van der Waals surface area contributed by atoms with Gasteiger partial charge < -0.3 is 20.4 Å². The van der Waals surface area contributed by atoms with Crippen molar-refractivity contribution in [3.05, 3.63) is 58.9 Å². The second-order valence-electron chi connectivity index (χ2n) is 7.97. The lowest BCUT2D eigenvalue weighted by Crippen LogP contribution is -2.26. The van der Waals surface area contributed by atoms with Crippen LogP contribution in [0.15, 0.2) is 27.5 Å². The summed E-state index contributed by atoms with van der Waals surface area (Å²) in [4.78, 5) is 24.7. The molecule has 0 radical (unpaired) electrons. The zero-order valence-electron chi connectivity index (χ0n) is 20.1. The number of halogens is 8. The van der Waals surface area contributed by atoms with Gasteiger partial charge in [0.05, 0.1) is 104 Å². The number of benzene rings is 2. The minimum Gasteiger partial charge on any atom is -0.395 e. The second-order valence-corrected chi connectivity index (χ2v) is 12.7. The summed E-state index contributed by atoms with van der Waals surface area (Å²) in [7, 11) is 0. The molecule has 18 heteroatoms. The first-order valence-electron chi connectivity index (χ1n) is 11.2. The number of fused-ring (bicyclic) bond motifs is 2. The zero-order chi connectivity index (χ0) is 30.0. The summed E-state index contributed by atoms with van der Waals surface area (Å²) in [5, 5.41) is 36.7. The van der Waals surface area contributed by atoms with E-state index >= 15 is 0 Å². The molecule has 0 fully saturated rings. The normalized spacial score (nSPS) is 11.5. The maximum Gasteiger partial charge on any atom is 0.329 e. The third-order valence-electron chi connectivity index (χ3n) is 5.73. The van der Waals surface area contributed by atoms with Gasteiger partial charge in [-0.3, -0.25) is 18.3 Å². The van der Waals surface area contributed by atoms with Crippen LogP contribution < -0.4 is 11.4 Å². The highest BCUT2D eigenvalue weighted by atomic mass is 79.9. The average Bonchev–Trinajstić information content (AvgIpc) is 3.36. The molecule has 40 heavy (non-hydrogen) atoms. The Morgan fingerprint density at radius 2 is 0.700 bits per heavy atom. The zero-order valence-corrected chi connectivity index (χ0v) is 29.4. The number of nitrogens with zero attached hydrogens (tertiary/aromatic N) is 4. The summed E-state index contributed by atoms with van der Waals surface area (Å²) in [6.07, 6.45) is 0. The molecule has 10 nitrogen and oxygen atoms in total. The molecule has 0 spiro atoms. The van der Waals surface area contributed by atoms with Gasteiger partial charge in [0.25, 0.3) is 0 Å². The number of rotatable bonds is 8. The molecular formula is C22H20Br4Cl4N4O6. The Bertz CT molecular complexity index is 1460. The molecule has 0 unspecified atom stereocenters. The molecule has 2 heterocycles. The average molecular weight is 898 g/mol. The van der Waals surface area contributed by atoms with Crippen molar-refractivity contribution in [2.45, 2.75) is 26.2 Å². The molecule has 4 N–H and O–H groups in total. The molecule has 4 aromatic rings. The summed E-state index contributed by atoms with van der Waals surface area (Å²) in [6, 6.07) is 0. The fourth-order valence-electron chi connectivity index (χ4n) is 4.11.